The molecule has 0 saturated heterocycles. The quantitative estimate of drug-likeness (QED) is 0.883. The van der Waals surface area contributed by atoms with Crippen molar-refractivity contribution >= 4 is 11.6 Å². The summed E-state index contributed by atoms with van der Waals surface area (Å²) in [4.78, 5) is 12.0. The smallest absolute Gasteiger partial charge is 0.239 e. The third kappa shape index (κ3) is 4.32. The molecule has 3 nitrogen and oxygen atoms in total. The van der Waals surface area contributed by atoms with Gasteiger partial charge in [0.05, 0.1) is 12.6 Å². The molecule has 1 amide bonds. The molecule has 2 aromatic rings. The van der Waals surface area contributed by atoms with Crippen LogP contribution >= 0.6 is 0 Å². The average Bonchev–Trinajstić information content (AvgIpc) is 2.49. The van der Waals surface area contributed by atoms with Crippen molar-refractivity contribution in [3.63, 3.8) is 0 Å². The second kappa shape index (κ2) is 7.07. The molecule has 0 unspecified atom stereocenters. The van der Waals surface area contributed by atoms with Crippen LogP contribution in [0.5, 0.6) is 0 Å². The van der Waals surface area contributed by atoms with Crippen LogP contribution in [0.4, 0.5) is 10.1 Å². The van der Waals surface area contributed by atoms with E-state index in [2.05, 4.69) is 10.6 Å². The minimum atomic E-state index is -0.279. The first kappa shape index (κ1) is 16.0. The molecule has 0 aliphatic rings. The Bertz CT molecular complexity index is 653. The number of carbonyl (C=O) groups excluding carboxylic acids is 1. The molecule has 0 spiro atoms. The van der Waals surface area contributed by atoms with Crippen LogP contribution in [0.1, 0.15) is 29.7 Å². The zero-order valence-electron chi connectivity index (χ0n) is 13.1. The summed E-state index contributed by atoms with van der Waals surface area (Å²) in [6, 6.07) is 12.1. The SMILES string of the molecule is Cc1ccc(C)c(NCC(=O)N[C@@H](C)c2ccc(F)cc2)c1. The molecule has 0 saturated carbocycles. The summed E-state index contributed by atoms with van der Waals surface area (Å²) in [6.45, 7) is 6.10. The molecule has 0 heterocycles. The minimum absolute atomic E-state index is 0.0993. The Hall–Kier alpha value is -2.36. The number of amides is 1. The molecule has 0 bridgehead atoms. The molecular formula is C18H21FN2O. The second-order valence-corrected chi connectivity index (χ2v) is 5.51. The first-order valence-corrected chi connectivity index (χ1v) is 7.31. The molecule has 0 radical (unpaired) electrons. The van der Waals surface area contributed by atoms with Gasteiger partial charge in [0.1, 0.15) is 5.82 Å². The van der Waals surface area contributed by atoms with Crippen molar-refractivity contribution in [2.75, 3.05) is 11.9 Å². The van der Waals surface area contributed by atoms with Gasteiger partial charge in [-0.3, -0.25) is 4.79 Å². The van der Waals surface area contributed by atoms with Crippen molar-refractivity contribution in [2.45, 2.75) is 26.8 Å². The number of hydrogen-bond acceptors (Lipinski definition) is 2. The maximum atomic E-state index is 12.9. The molecule has 2 rings (SSSR count). The zero-order chi connectivity index (χ0) is 16.1. The van der Waals surface area contributed by atoms with Crippen LogP contribution in [0.3, 0.4) is 0 Å². The Morgan fingerprint density at radius 1 is 1.14 bits per heavy atom. The van der Waals surface area contributed by atoms with Gasteiger partial charge in [-0.25, -0.2) is 4.39 Å². The van der Waals surface area contributed by atoms with E-state index < -0.39 is 0 Å². The summed E-state index contributed by atoms with van der Waals surface area (Å²) >= 11 is 0. The molecule has 22 heavy (non-hydrogen) atoms. The van der Waals surface area contributed by atoms with Crippen molar-refractivity contribution in [3.05, 3.63) is 65.0 Å². The van der Waals surface area contributed by atoms with Crippen molar-refractivity contribution in [1.82, 2.24) is 5.32 Å². The molecule has 4 heteroatoms. The third-order valence-electron chi connectivity index (χ3n) is 3.58. The van der Waals surface area contributed by atoms with Crippen LogP contribution in [0.15, 0.2) is 42.5 Å². The van der Waals surface area contributed by atoms with Crippen LogP contribution in [-0.4, -0.2) is 12.5 Å². The first-order chi connectivity index (χ1) is 10.5. The predicted molar refractivity (Wildman–Crippen MR) is 87.4 cm³/mol. The summed E-state index contributed by atoms with van der Waals surface area (Å²) in [5.41, 5.74) is 4.09. The number of hydrogen-bond donors (Lipinski definition) is 2. The number of nitrogens with one attached hydrogen (secondary N) is 2. The van der Waals surface area contributed by atoms with Gasteiger partial charge in [-0.1, -0.05) is 24.3 Å². The summed E-state index contributed by atoms with van der Waals surface area (Å²) in [6.07, 6.45) is 0. The highest BCUT2D eigenvalue weighted by molar-refractivity contribution is 5.81. The first-order valence-electron chi connectivity index (χ1n) is 7.31. The highest BCUT2D eigenvalue weighted by Gasteiger charge is 2.10. The lowest BCUT2D eigenvalue weighted by molar-refractivity contribution is -0.120. The Morgan fingerprint density at radius 3 is 2.50 bits per heavy atom. The number of rotatable bonds is 5. The summed E-state index contributed by atoms with van der Waals surface area (Å²) < 4.78 is 12.9. The molecule has 1 atom stereocenters. The van der Waals surface area contributed by atoms with E-state index >= 15 is 0 Å². The van der Waals surface area contributed by atoms with Gasteiger partial charge in [-0.2, -0.15) is 0 Å². The standard InChI is InChI=1S/C18H21FN2O/c1-12-4-5-13(2)17(10-12)20-11-18(22)21-14(3)15-6-8-16(19)9-7-15/h4-10,14,20H,11H2,1-3H3,(H,21,22)/t14-/m0/s1. The van der Waals surface area contributed by atoms with E-state index in [0.717, 1.165) is 22.4 Å². The van der Waals surface area contributed by atoms with Gasteiger partial charge in [-0.15, -0.1) is 0 Å². The predicted octanol–water partition coefficient (Wildman–Crippen LogP) is 3.73. The Labute approximate surface area is 130 Å². The number of carbonyl (C=O) groups is 1. The highest BCUT2D eigenvalue weighted by Crippen LogP contribution is 2.16. The van der Waals surface area contributed by atoms with Gasteiger partial charge in [-0.05, 0) is 55.7 Å². The van der Waals surface area contributed by atoms with Gasteiger partial charge in [0.25, 0.3) is 0 Å². The van der Waals surface area contributed by atoms with Crippen LogP contribution in [0.25, 0.3) is 0 Å². The number of halogens is 1. The maximum Gasteiger partial charge on any atom is 0.239 e. The van der Waals surface area contributed by atoms with Gasteiger partial charge in [0, 0.05) is 5.69 Å². The van der Waals surface area contributed by atoms with E-state index in [1.54, 1.807) is 12.1 Å². The molecule has 2 N–H and O–H groups in total. The van der Waals surface area contributed by atoms with Crippen LogP contribution in [-0.2, 0) is 4.79 Å². The van der Waals surface area contributed by atoms with E-state index in [0.29, 0.717) is 0 Å². The lowest BCUT2D eigenvalue weighted by atomic mass is 10.1. The van der Waals surface area contributed by atoms with E-state index in [-0.39, 0.29) is 24.3 Å². The summed E-state index contributed by atoms with van der Waals surface area (Å²) in [5.74, 6) is -0.378. The number of anilines is 1. The Balaban J connectivity index is 1.90. The van der Waals surface area contributed by atoms with Crippen LogP contribution in [0.2, 0.25) is 0 Å². The molecule has 0 aliphatic heterocycles. The lowest BCUT2D eigenvalue weighted by Crippen LogP contribution is -2.32. The highest BCUT2D eigenvalue weighted by atomic mass is 19.1. The molecule has 0 aromatic heterocycles. The third-order valence-corrected chi connectivity index (χ3v) is 3.58. The second-order valence-electron chi connectivity index (χ2n) is 5.51. The van der Waals surface area contributed by atoms with Gasteiger partial charge < -0.3 is 10.6 Å². The van der Waals surface area contributed by atoms with E-state index in [9.17, 15) is 9.18 Å². The van der Waals surface area contributed by atoms with Crippen LogP contribution in [0, 0.1) is 19.7 Å². The zero-order valence-corrected chi connectivity index (χ0v) is 13.1. The van der Waals surface area contributed by atoms with E-state index in [4.69, 9.17) is 0 Å². The minimum Gasteiger partial charge on any atom is -0.376 e. The van der Waals surface area contributed by atoms with Crippen molar-refractivity contribution in [2.24, 2.45) is 0 Å². The molecule has 116 valence electrons. The average molecular weight is 300 g/mol. The fourth-order valence-electron chi connectivity index (χ4n) is 2.23. The largest absolute Gasteiger partial charge is 0.376 e. The van der Waals surface area contributed by atoms with Crippen LogP contribution < -0.4 is 10.6 Å². The molecule has 0 aliphatic carbocycles. The fraction of sp³-hybridized carbons (Fsp3) is 0.278. The fourth-order valence-corrected chi connectivity index (χ4v) is 2.23. The topological polar surface area (TPSA) is 41.1 Å². The molecular weight excluding hydrogens is 279 g/mol. The van der Waals surface area contributed by atoms with Gasteiger partial charge in [0.2, 0.25) is 5.91 Å². The summed E-state index contributed by atoms with van der Waals surface area (Å²) in [7, 11) is 0. The molecule has 2 aromatic carbocycles. The van der Waals surface area contributed by atoms with Gasteiger partial charge in [0.15, 0.2) is 0 Å². The number of aryl methyl sites for hydroxylation is 2. The van der Waals surface area contributed by atoms with E-state index in [1.165, 1.54) is 12.1 Å². The van der Waals surface area contributed by atoms with Crippen molar-refractivity contribution in [1.29, 1.82) is 0 Å². The molecule has 0 fully saturated rings. The van der Waals surface area contributed by atoms with Crippen molar-refractivity contribution in [3.8, 4) is 0 Å². The monoisotopic (exact) mass is 300 g/mol. The summed E-state index contributed by atoms with van der Waals surface area (Å²) in [5, 5.41) is 6.04. The van der Waals surface area contributed by atoms with Gasteiger partial charge >= 0.3 is 0 Å². The number of benzene rings is 2. The van der Waals surface area contributed by atoms with Crippen molar-refractivity contribution < 1.29 is 9.18 Å². The Kier molecular flexibility index (Phi) is 5.15. The maximum absolute atomic E-state index is 12.9. The normalized spacial score (nSPS) is 11.8. The van der Waals surface area contributed by atoms with E-state index in [1.807, 2.05) is 39.0 Å². The lowest BCUT2D eigenvalue weighted by Gasteiger charge is -2.16. The Morgan fingerprint density at radius 2 is 1.82 bits per heavy atom.